The molecular formula is C25H21F4N5O5S. The maximum absolute atomic E-state index is 15.4. The number of pyridine rings is 1. The number of ether oxygens (including phenoxy) is 2. The molecule has 4 rings (SSSR count). The van der Waals surface area contributed by atoms with Crippen LogP contribution in [0.25, 0.3) is 0 Å². The Labute approximate surface area is 225 Å². The summed E-state index contributed by atoms with van der Waals surface area (Å²) < 4.78 is 90.6. The van der Waals surface area contributed by atoms with Gasteiger partial charge in [0.2, 0.25) is 5.75 Å². The molecule has 0 bridgehead atoms. The van der Waals surface area contributed by atoms with E-state index < -0.39 is 67.5 Å². The first-order valence-electron chi connectivity index (χ1n) is 11.6. The summed E-state index contributed by atoms with van der Waals surface area (Å²) in [6.07, 6.45) is -1.46. The molecule has 0 atom stereocenters. The van der Waals surface area contributed by atoms with Crippen LogP contribution in [0, 0.1) is 24.1 Å². The highest BCUT2D eigenvalue weighted by molar-refractivity contribution is 7.90. The van der Waals surface area contributed by atoms with Gasteiger partial charge in [0.05, 0.1) is 23.5 Å². The molecule has 1 saturated carbocycles. The quantitative estimate of drug-likeness (QED) is 0.393. The van der Waals surface area contributed by atoms with Gasteiger partial charge < -0.3 is 14.8 Å². The Morgan fingerprint density at radius 3 is 2.45 bits per heavy atom. The Morgan fingerprint density at radius 2 is 1.90 bits per heavy atom. The number of sulfone groups is 1. The van der Waals surface area contributed by atoms with Crippen LogP contribution in [-0.2, 0) is 21.4 Å². The summed E-state index contributed by atoms with van der Waals surface area (Å²) in [7, 11) is -2.56. The third-order valence-electron chi connectivity index (χ3n) is 6.48. The topological polar surface area (TPSA) is 144 Å². The van der Waals surface area contributed by atoms with E-state index in [9.17, 15) is 31.6 Å². The predicted octanol–water partition coefficient (Wildman–Crippen LogP) is 4.74. The highest BCUT2D eigenvalue weighted by Crippen LogP contribution is 2.47. The molecule has 0 spiro atoms. The van der Waals surface area contributed by atoms with E-state index in [0.717, 1.165) is 32.6 Å². The minimum absolute atomic E-state index is 0.0242. The molecule has 2 aromatic heterocycles. The molecule has 0 saturated heterocycles. The molecule has 0 aliphatic heterocycles. The van der Waals surface area contributed by atoms with Crippen LogP contribution < -0.4 is 14.8 Å². The van der Waals surface area contributed by atoms with Crippen molar-refractivity contribution in [3.05, 3.63) is 58.7 Å². The van der Waals surface area contributed by atoms with Gasteiger partial charge in [0, 0.05) is 23.7 Å². The van der Waals surface area contributed by atoms with Crippen LogP contribution in [0.4, 0.5) is 23.2 Å². The monoisotopic (exact) mass is 579 g/mol. The molecule has 2 heterocycles. The summed E-state index contributed by atoms with van der Waals surface area (Å²) in [5.41, 5.74) is -4.02. The van der Waals surface area contributed by atoms with Gasteiger partial charge in [-0.2, -0.15) is 18.4 Å². The summed E-state index contributed by atoms with van der Waals surface area (Å²) in [6, 6.07) is 7.13. The fourth-order valence-corrected chi connectivity index (χ4v) is 4.87. The Kier molecular flexibility index (Phi) is 7.41. The zero-order chi connectivity index (χ0) is 29.5. The second kappa shape index (κ2) is 10.3. The van der Waals surface area contributed by atoms with Gasteiger partial charge in [-0.15, -0.1) is 10.2 Å². The van der Waals surface area contributed by atoms with E-state index in [4.69, 9.17) is 9.47 Å². The fraction of sp³-hybridized carbons (Fsp3) is 0.320. The maximum atomic E-state index is 15.4. The van der Waals surface area contributed by atoms with E-state index in [-0.39, 0.29) is 16.1 Å². The lowest BCUT2D eigenvalue weighted by Crippen LogP contribution is -2.33. The molecule has 40 heavy (non-hydrogen) atoms. The third kappa shape index (κ3) is 5.26. The molecule has 15 heteroatoms. The van der Waals surface area contributed by atoms with Crippen LogP contribution in [0.2, 0.25) is 0 Å². The molecule has 3 aromatic rings. The minimum Gasteiger partial charge on any atom is -0.489 e. The molecule has 1 amide bonds. The van der Waals surface area contributed by atoms with E-state index in [1.165, 1.54) is 18.2 Å². The van der Waals surface area contributed by atoms with Gasteiger partial charge in [-0.1, -0.05) is 6.07 Å². The van der Waals surface area contributed by atoms with E-state index in [1.807, 2.05) is 0 Å². The number of hydrogen-bond acceptors (Lipinski definition) is 9. The number of anilines is 1. The van der Waals surface area contributed by atoms with Crippen molar-refractivity contribution in [2.24, 2.45) is 0 Å². The lowest BCUT2D eigenvalue weighted by molar-refractivity contribution is -0.142. The molecule has 210 valence electrons. The number of alkyl halides is 3. The minimum atomic E-state index is -4.99. The van der Waals surface area contributed by atoms with Gasteiger partial charge >= 0.3 is 6.18 Å². The zero-order valence-corrected chi connectivity index (χ0v) is 22.1. The van der Waals surface area contributed by atoms with E-state index in [1.54, 1.807) is 0 Å². The third-order valence-corrected chi connectivity index (χ3v) is 7.59. The summed E-state index contributed by atoms with van der Waals surface area (Å²) >= 11 is 0. The smallest absolute Gasteiger partial charge is 0.435 e. The van der Waals surface area contributed by atoms with E-state index >= 15 is 4.39 Å². The number of rotatable bonds is 7. The summed E-state index contributed by atoms with van der Waals surface area (Å²) in [4.78, 5) is 17.1. The van der Waals surface area contributed by atoms with E-state index in [2.05, 4.69) is 26.6 Å². The summed E-state index contributed by atoms with van der Waals surface area (Å²) in [5.74, 6) is -3.97. The molecule has 0 radical (unpaired) electrons. The molecule has 1 aromatic carbocycles. The Hall–Kier alpha value is -4.32. The molecule has 10 nitrogen and oxygen atoms in total. The van der Waals surface area contributed by atoms with Crippen LogP contribution >= 0.6 is 0 Å². The van der Waals surface area contributed by atoms with Gasteiger partial charge in [0.15, 0.2) is 21.3 Å². The number of carbonyl (C=O) groups excluding carboxylic acids is 1. The van der Waals surface area contributed by atoms with Gasteiger partial charge in [-0.3, -0.25) is 4.79 Å². The number of aromatic nitrogens is 3. The van der Waals surface area contributed by atoms with Crippen molar-refractivity contribution in [1.82, 2.24) is 15.2 Å². The van der Waals surface area contributed by atoms with Gasteiger partial charge in [0.1, 0.15) is 5.56 Å². The van der Waals surface area contributed by atoms with Crippen LogP contribution in [0.15, 0.2) is 35.4 Å². The number of carbonyl (C=O) groups is 1. The lowest BCUT2D eigenvalue weighted by Gasteiger charge is -2.35. The molecule has 0 unspecified atom stereocenters. The van der Waals surface area contributed by atoms with Crippen molar-refractivity contribution >= 4 is 21.4 Å². The first-order chi connectivity index (χ1) is 18.7. The van der Waals surface area contributed by atoms with Crippen molar-refractivity contribution < 1.29 is 40.2 Å². The average molecular weight is 580 g/mol. The molecule has 1 fully saturated rings. The van der Waals surface area contributed by atoms with Gasteiger partial charge in [0.25, 0.3) is 17.7 Å². The number of benzene rings is 1. The number of nitriles is 1. The van der Waals surface area contributed by atoms with Gasteiger partial charge in [-0.25, -0.2) is 17.8 Å². The van der Waals surface area contributed by atoms with Crippen LogP contribution in [0.3, 0.4) is 0 Å². The normalized spacial score (nSPS) is 14.6. The second-order valence-electron chi connectivity index (χ2n) is 9.08. The second-order valence-corrected chi connectivity index (χ2v) is 11.1. The van der Waals surface area contributed by atoms with Crippen LogP contribution in [0.5, 0.6) is 17.5 Å². The predicted molar refractivity (Wildman–Crippen MR) is 131 cm³/mol. The number of nitrogens with one attached hydrogen (secondary N) is 1. The highest BCUT2D eigenvalue weighted by Gasteiger charge is 2.43. The van der Waals surface area contributed by atoms with E-state index in [0.29, 0.717) is 19.3 Å². The SMILES string of the molecule is COc1c(Oc2nnc(C(F)(F)F)c(C)c2C(=O)Nc2cccc(S(C)(=O)=O)c2)ncc(C2(C#N)CCC2)c1F. The van der Waals surface area contributed by atoms with Crippen molar-refractivity contribution in [2.75, 3.05) is 18.7 Å². The van der Waals surface area contributed by atoms with Crippen LogP contribution in [0.1, 0.15) is 46.4 Å². The first kappa shape index (κ1) is 28.7. The number of nitrogens with zero attached hydrogens (tertiary/aromatic N) is 4. The summed E-state index contributed by atoms with van der Waals surface area (Å²) in [6.45, 7) is 0.966. The lowest BCUT2D eigenvalue weighted by atomic mass is 9.66. The molecule has 1 N–H and O–H groups in total. The van der Waals surface area contributed by atoms with Gasteiger partial charge in [-0.05, 0) is 49.9 Å². The van der Waals surface area contributed by atoms with Crippen LogP contribution in [-0.4, -0.2) is 42.9 Å². The highest BCUT2D eigenvalue weighted by atomic mass is 32.2. The Balaban J connectivity index is 1.79. The molecular weight excluding hydrogens is 558 g/mol. The number of methoxy groups -OCH3 is 1. The standard InChI is InChI=1S/C25H21F4N5O5S/c1-13-17(21(35)32-14-6-4-7-15(10-14)40(3,36)37)22(34-33-20(13)25(27,28)29)39-23-19(38-2)18(26)16(11-31-23)24(12-30)8-5-9-24/h4,6-7,10-11H,5,8-9H2,1-3H3,(H,32,35). The number of hydrogen-bond donors (Lipinski definition) is 1. The van der Waals surface area contributed by atoms with Crippen molar-refractivity contribution in [1.29, 1.82) is 5.26 Å². The maximum Gasteiger partial charge on any atom is 0.435 e. The number of halogens is 4. The molecule has 1 aliphatic rings. The fourth-order valence-electron chi connectivity index (χ4n) is 4.21. The largest absolute Gasteiger partial charge is 0.489 e. The molecule has 1 aliphatic carbocycles. The van der Waals surface area contributed by atoms with Crippen molar-refractivity contribution in [3.8, 4) is 23.6 Å². The Morgan fingerprint density at radius 1 is 1.20 bits per heavy atom. The first-order valence-corrected chi connectivity index (χ1v) is 13.5. The summed E-state index contributed by atoms with van der Waals surface area (Å²) in [5, 5.41) is 18.5. The van der Waals surface area contributed by atoms with Crippen molar-refractivity contribution in [2.45, 2.75) is 42.7 Å². The van der Waals surface area contributed by atoms with Crippen molar-refractivity contribution in [3.63, 3.8) is 0 Å². The zero-order valence-electron chi connectivity index (χ0n) is 21.3. The Bertz CT molecular complexity index is 1650. The number of amides is 1. The average Bonchev–Trinajstić information content (AvgIpc) is 2.84.